The number of carbonyl (C=O) groups excluding carboxylic acids is 1. The number of aldehydes is 1. The molecule has 96 valence electrons. The number of aromatic carboxylic acids is 1. The van der Waals surface area contributed by atoms with Crippen LogP contribution in [0.3, 0.4) is 0 Å². The van der Waals surface area contributed by atoms with Crippen molar-refractivity contribution in [2.75, 3.05) is 11.9 Å². The van der Waals surface area contributed by atoms with Crippen LogP contribution >= 0.6 is 0 Å². The third-order valence-corrected chi connectivity index (χ3v) is 2.60. The predicted octanol–water partition coefficient (Wildman–Crippen LogP) is 1.76. The Morgan fingerprint density at radius 1 is 1.21 bits per heavy atom. The van der Waals surface area contributed by atoms with Crippen LogP contribution in [0.4, 0.5) is 11.6 Å². The number of anilines is 2. The van der Waals surface area contributed by atoms with Gasteiger partial charge in [0.05, 0.1) is 11.1 Å². The first-order chi connectivity index (χ1) is 9.11. The Hall–Kier alpha value is -2.76. The largest absolute Gasteiger partial charge is 0.478 e. The highest BCUT2D eigenvalue weighted by atomic mass is 16.4. The van der Waals surface area contributed by atoms with Crippen molar-refractivity contribution in [3.8, 4) is 0 Å². The molecular formula is C13H11N3O3. The van der Waals surface area contributed by atoms with Gasteiger partial charge in [-0.1, -0.05) is 0 Å². The summed E-state index contributed by atoms with van der Waals surface area (Å²) in [5.41, 5.74) is 1.37. The maximum atomic E-state index is 10.8. The number of aromatic nitrogens is 2. The molecule has 2 rings (SSSR count). The quantitative estimate of drug-likeness (QED) is 0.840. The molecule has 0 saturated carbocycles. The first-order valence-corrected chi connectivity index (χ1v) is 5.46. The van der Waals surface area contributed by atoms with Crippen LogP contribution in [0.5, 0.6) is 0 Å². The Kier molecular flexibility index (Phi) is 3.51. The molecule has 0 aliphatic heterocycles. The zero-order valence-corrected chi connectivity index (χ0v) is 10.1. The van der Waals surface area contributed by atoms with Gasteiger partial charge in [-0.05, 0) is 24.3 Å². The van der Waals surface area contributed by atoms with Crippen molar-refractivity contribution in [1.82, 2.24) is 9.97 Å². The van der Waals surface area contributed by atoms with Gasteiger partial charge in [-0.2, -0.15) is 0 Å². The highest BCUT2D eigenvalue weighted by Crippen LogP contribution is 2.20. The first-order valence-electron chi connectivity index (χ1n) is 5.46. The van der Waals surface area contributed by atoms with Crippen LogP contribution in [0, 0.1) is 0 Å². The van der Waals surface area contributed by atoms with Crippen LogP contribution in [0.25, 0.3) is 0 Å². The average molecular weight is 257 g/mol. The van der Waals surface area contributed by atoms with Gasteiger partial charge in [-0.15, -0.1) is 0 Å². The summed E-state index contributed by atoms with van der Waals surface area (Å²) >= 11 is 0. The van der Waals surface area contributed by atoms with Crippen molar-refractivity contribution in [2.24, 2.45) is 0 Å². The van der Waals surface area contributed by atoms with Crippen LogP contribution < -0.4 is 4.90 Å². The van der Waals surface area contributed by atoms with Gasteiger partial charge in [0.15, 0.2) is 6.29 Å². The Balaban J connectivity index is 2.24. The molecule has 0 aliphatic carbocycles. The van der Waals surface area contributed by atoms with Gasteiger partial charge < -0.3 is 10.0 Å². The molecule has 1 aromatic heterocycles. The van der Waals surface area contributed by atoms with E-state index >= 15 is 0 Å². The first kappa shape index (κ1) is 12.7. The van der Waals surface area contributed by atoms with Crippen molar-refractivity contribution in [3.63, 3.8) is 0 Å². The maximum Gasteiger partial charge on any atom is 0.335 e. The van der Waals surface area contributed by atoms with Crippen LogP contribution in [-0.4, -0.2) is 34.4 Å². The summed E-state index contributed by atoms with van der Waals surface area (Å²) in [7, 11) is 1.76. The molecule has 0 fully saturated rings. The second-order valence-corrected chi connectivity index (χ2v) is 3.85. The van der Waals surface area contributed by atoms with Crippen molar-refractivity contribution in [3.05, 3.63) is 47.8 Å². The summed E-state index contributed by atoms with van der Waals surface area (Å²) in [5.74, 6) is -0.547. The molecule has 0 bridgehead atoms. The third-order valence-electron chi connectivity index (χ3n) is 2.60. The molecule has 2 aromatic rings. The van der Waals surface area contributed by atoms with E-state index in [0.717, 1.165) is 5.69 Å². The van der Waals surface area contributed by atoms with Crippen molar-refractivity contribution in [2.45, 2.75) is 0 Å². The van der Waals surface area contributed by atoms with Gasteiger partial charge in [-0.25, -0.2) is 14.8 Å². The lowest BCUT2D eigenvalue weighted by Gasteiger charge is -2.16. The van der Waals surface area contributed by atoms with Gasteiger partial charge in [0.1, 0.15) is 0 Å². The fourth-order valence-corrected chi connectivity index (χ4v) is 1.51. The Morgan fingerprint density at radius 3 is 2.26 bits per heavy atom. The second-order valence-electron chi connectivity index (χ2n) is 3.85. The monoisotopic (exact) mass is 257 g/mol. The number of hydrogen-bond donors (Lipinski definition) is 1. The molecular weight excluding hydrogens is 246 g/mol. The van der Waals surface area contributed by atoms with E-state index in [1.54, 1.807) is 24.1 Å². The van der Waals surface area contributed by atoms with E-state index in [1.807, 2.05) is 0 Å². The average Bonchev–Trinajstić information content (AvgIpc) is 2.46. The Bertz CT molecular complexity index is 594. The highest BCUT2D eigenvalue weighted by molar-refractivity contribution is 5.88. The summed E-state index contributed by atoms with van der Waals surface area (Å²) in [4.78, 5) is 31.1. The minimum atomic E-state index is -0.971. The molecule has 19 heavy (non-hydrogen) atoms. The zero-order valence-electron chi connectivity index (χ0n) is 10.1. The van der Waals surface area contributed by atoms with Crippen molar-refractivity contribution in [1.29, 1.82) is 0 Å². The van der Waals surface area contributed by atoms with E-state index in [-0.39, 0.29) is 5.56 Å². The van der Waals surface area contributed by atoms with Crippen LogP contribution in [0.1, 0.15) is 20.7 Å². The summed E-state index contributed by atoms with van der Waals surface area (Å²) in [6, 6.07) is 6.35. The molecule has 0 atom stereocenters. The molecule has 6 nitrogen and oxygen atoms in total. The SMILES string of the molecule is CN(c1ccc(C(=O)O)cc1)c1ncc(C=O)cn1. The van der Waals surface area contributed by atoms with Gasteiger partial charge in [0.25, 0.3) is 0 Å². The van der Waals surface area contributed by atoms with Crippen molar-refractivity contribution < 1.29 is 14.7 Å². The minimum Gasteiger partial charge on any atom is -0.478 e. The molecule has 0 radical (unpaired) electrons. The maximum absolute atomic E-state index is 10.8. The molecule has 6 heteroatoms. The lowest BCUT2D eigenvalue weighted by atomic mass is 10.2. The summed E-state index contributed by atoms with van der Waals surface area (Å²) < 4.78 is 0. The normalized spacial score (nSPS) is 9.95. The molecule has 0 spiro atoms. The van der Waals surface area contributed by atoms with E-state index < -0.39 is 5.97 Å². The smallest absolute Gasteiger partial charge is 0.335 e. The fraction of sp³-hybridized carbons (Fsp3) is 0.0769. The fourth-order valence-electron chi connectivity index (χ4n) is 1.51. The number of carbonyl (C=O) groups is 2. The Labute approximate surface area is 109 Å². The third kappa shape index (κ3) is 2.74. The number of carboxylic acid groups (broad SMARTS) is 1. The number of nitrogens with zero attached hydrogens (tertiary/aromatic N) is 3. The number of hydrogen-bond acceptors (Lipinski definition) is 5. The van der Waals surface area contributed by atoms with E-state index in [0.29, 0.717) is 17.8 Å². The number of benzene rings is 1. The van der Waals surface area contributed by atoms with E-state index in [4.69, 9.17) is 5.11 Å². The molecule has 0 saturated heterocycles. The lowest BCUT2D eigenvalue weighted by Crippen LogP contribution is -2.13. The zero-order chi connectivity index (χ0) is 13.8. The topological polar surface area (TPSA) is 83.4 Å². The Morgan fingerprint density at radius 2 is 1.79 bits per heavy atom. The molecule has 0 amide bonds. The molecule has 1 N–H and O–H groups in total. The van der Waals surface area contributed by atoms with Crippen molar-refractivity contribution >= 4 is 23.9 Å². The molecule has 0 unspecified atom stereocenters. The minimum absolute atomic E-state index is 0.217. The van der Waals surface area contributed by atoms with Crippen LogP contribution in [-0.2, 0) is 0 Å². The van der Waals surface area contributed by atoms with Gasteiger partial charge >= 0.3 is 5.97 Å². The predicted molar refractivity (Wildman–Crippen MR) is 68.9 cm³/mol. The molecule has 1 aromatic carbocycles. The van der Waals surface area contributed by atoms with Crippen LogP contribution in [0.2, 0.25) is 0 Å². The summed E-state index contributed by atoms with van der Waals surface area (Å²) in [6.07, 6.45) is 3.53. The highest BCUT2D eigenvalue weighted by Gasteiger charge is 2.08. The van der Waals surface area contributed by atoms with E-state index in [9.17, 15) is 9.59 Å². The summed E-state index contributed by atoms with van der Waals surface area (Å²) in [6.45, 7) is 0. The van der Waals surface area contributed by atoms with Gasteiger partial charge in [-0.3, -0.25) is 4.79 Å². The van der Waals surface area contributed by atoms with Crippen LogP contribution in [0.15, 0.2) is 36.7 Å². The molecule has 1 heterocycles. The standard InChI is InChI=1S/C13H11N3O3/c1-16(13-14-6-9(8-17)7-15-13)11-4-2-10(3-5-11)12(18)19/h2-8H,1H3,(H,18,19). The summed E-state index contributed by atoms with van der Waals surface area (Å²) in [5, 5.41) is 8.82. The molecule has 0 aliphatic rings. The van der Waals surface area contributed by atoms with E-state index in [1.165, 1.54) is 24.5 Å². The van der Waals surface area contributed by atoms with E-state index in [2.05, 4.69) is 9.97 Å². The number of carboxylic acids is 1. The second kappa shape index (κ2) is 5.26. The van der Waals surface area contributed by atoms with Gasteiger partial charge in [0, 0.05) is 25.1 Å². The van der Waals surface area contributed by atoms with Gasteiger partial charge in [0.2, 0.25) is 5.95 Å². The number of rotatable bonds is 4. The lowest BCUT2D eigenvalue weighted by molar-refractivity contribution is 0.0696.